The number of ether oxygens (including phenoxy) is 4. The first-order valence-electron chi connectivity index (χ1n) is 24.1. The molecule has 0 saturated carbocycles. The number of carbonyl (C=O) groups excluding carboxylic acids is 2. The Morgan fingerprint density at radius 3 is 1.46 bits per heavy atom. The van der Waals surface area contributed by atoms with Crippen LogP contribution in [-0.2, 0) is 28.5 Å². The minimum Gasteiger partial charge on any atom is -0.462 e. The van der Waals surface area contributed by atoms with E-state index in [1.807, 2.05) is 0 Å². The Bertz CT molecular complexity index is 1060. The molecule has 10 heteroatoms. The number of esters is 2. The molecule has 0 aromatic carbocycles. The van der Waals surface area contributed by atoms with Gasteiger partial charge in [0.15, 0.2) is 12.4 Å². The van der Waals surface area contributed by atoms with Crippen LogP contribution in [-0.4, -0.2) is 89.0 Å². The molecule has 1 saturated heterocycles. The summed E-state index contributed by atoms with van der Waals surface area (Å²) in [4.78, 5) is 25.4. The predicted molar refractivity (Wildman–Crippen MR) is 238 cm³/mol. The van der Waals surface area contributed by atoms with E-state index in [1.165, 1.54) is 103 Å². The average molecular weight is 837 g/mol. The van der Waals surface area contributed by atoms with Crippen LogP contribution < -0.4 is 0 Å². The van der Waals surface area contributed by atoms with Crippen LogP contribution in [0.5, 0.6) is 0 Å². The molecule has 0 amide bonds. The molecule has 1 rings (SSSR count). The number of unbranched alkanes of at least 4 members (excludes halogenated alkanes) is 23. The summed E-state index contributed by atoms with van der Waals surface area (Å²) in [5.41, 5.74) is 0. The lowest BCUT2D eigenvalue weighted by molar-refractivity contribution is -0.305. The van der Waals surface area contributed by atoms with Gasteiger partial charge in [-0.1, -0.05) is 159 Å². The summed E-state index contributed by atoms with van der Waals surface area (Å²) in [5, 5.41) is 40.1. The van der Waals surface area contributed by atoms with Gasteiger partial charge in [-0.15, -0.1) is 0 Å². The van der Waals surface area contributed by atoms with Crippen molar-refractivity contribution in [3.05, 3.63) is 36.5 Å². The molecule has 0 aromatic heterocycles. The maximum absolute atomic E-state index is 12.8. The first-order chi connectivity index (χ1) is 28.8. The second-order valence-electron chi connectivity index (χ2n) is 16.6. The molecular formula is C49H88O10. The Hall–Kier alpha value is -2.08. The van der Waals surface area contributed by atoms with Gasteiger partial charge in [0.1, 0.15) is 31.0 Å². The zero-order chi connectivity index (χ0) is 43.0. The molecule has 1 fully saturated rings. The minimum absolute atomic E-state index is 0.214. The van der Waals surface area contributed by atoms with Crippen molar-refractivity contribution in [2.24, 2.45) is 0 Å². The Morgan fingerprint density at radius 2 is 0.949 bits per heavy atom. The van der Waals surface area contributed by atoms with Gasteiger partial charge in [-0.05, 0) is 70.6 Å². The number of hydrogen-bond acceptors (Lipinski definition) is 10. The lowest BCUT2D eigenvalue weighted by Gasteiger charge is -2.39. The molecule has 59 heavy (non-hydrogen) atoms. The van der Waals surface area contributed by atoms with Gasteiger partial charge in [-0.25, -0.2) is 0 Å². The van der Waals surface area contributed by atoms with E-state index in [1.54, 1.807) is 0 Å². The molecule has 0 bridgehead atoms. The van der Waals surface area contributed by atoms with Gasteiger partial charge in [0.05, 0.1) is 13.2 Å². The average Bonchev–Trinajstić information content (AvgIpc) is 3.23. The highest BCUT2D eigenvalue weighted by Gasteiger charge is 2.44. The summed E-state index contributed by atoms with van der Waals surface area (Å²) in [6.45, 7) is 3.39. The van der Waals surface area contributed by atoms with Crippen LogP contribution in [0.1, 0.15) is 206 Å². The molecule has 0 spiro atoms. The fourth-order valence-electron chi connectivity index (χ4n) is 7.15. The number of hydrogen-bond donors (Lipinski definition) is 4. The molecule has 344 valence electrons. The molecule has 10 nitrogen and oxygen atoms in total. The second-order valence-corrected chi connectivity index (χ2v) is 16.6. The van der Waals surface area contributed by atoms with E-state index >= 15 is 0 Å². The van der Waals surface area contributed by atoms with E-state index in [-0.39, 0.29) is 32.0 Å². The Labute approximate surface area is 359 Å². The fourth-order valence-corrected chi connectivity index (χ4v) is 7.15. The molecule has 4 N–H and O–H groups in total. The maximum Gasteiger partial charge on any atom is 0.306 e. The van der Waals surface area contributed by atoms with Crippen LogP contribution in [0.3, 0.4) is 0 Å². The summed E-state index contributed by atoms with van der Waals surface area (Å²) in [7, 11) is 0. The van der Waals surface area contributed by atoms with E-state index in [2.05, 4.69) is 50.3 Å². The third kappa shape index (κ3) is 31.4. The second kappa shape index (κ2) is 40.0. The normalized spacial score (nSPS) is 20.3. The zero-order valence-corrected chi connectivity index (χ0v) is 37.5. The highest BCUT2D eigenvalue weighted by Crippen LogP contribution is 2.23. The van der Waals surface area contributed by atoms with Crippen LogP contribution in [0.4, 0.5) is 0 Å². The SMILES string of the molecule is CCCCC/C=C\C/C=C\CCCCCCCC(=O)OC(COC(=O)CCCCCCCCCCC/C=C\CCCCCCCC)COC1OC(CO)C(O)C(O)C1O. The highest BCUT2D eigenvalue weighted by molar-refractivity contribution is 5.70. The van der Waals surface area contributed by atoms with Gasteiger partial charge < -0.3 is 39.4 Å². The first kappa shape index (κ1) is 54.9. The van der Waals surface area contributed by atoms with E-state index in [9.17, 15) is 30.0 Å². The van der Waals surface area contributed by atoms with Gasteiger partial charge in [0.2, 0.25) is 0 Å². The first-order valence-corrected chi connectivity index (χ1v) is 24.1. The maximum atomic E-state index is 12.8. The van der Waals surface area contributed by atoms with Crippen molar-refractivity contribution in [2.45, 2.75) is 243 Å². The summed E-state index contributed by atoms with van der Waals surface area (Å²) in [6, 6.07) is 0. The largest absolute Gasteiger partial charge is 0.462 e. The number of allylic oxidation sites excluding steroid dienone is 6. The smallest absolute Gasteiger partial charge is 0.306 e. The van der Waals surface area contributed by atoms with Crippen LogP contribution >= 0.6 is 0 Å². The summed E-state index contributed by atoms with van der Waals surface area (Å²) in [5.74, 6) is -0.821. The quantitative estimate of drug-likeness (QED) is 0.0267. The molecule has 1 aliphatic rings. The third-order valence-corrected chi connectivity index (χ3v) is 11.0. The van der Waals surface area contributed by atoms with E-state index in [4.69, 9.17) is 18.9 Å². The molecular weight excluding hydrogens is 749 g/mol. The molecule has 6 atom stereocenters. The number of aliphatic hydroxyl groups is 4. The van der Waals surface area contributed by atoms with Crippen molar-refractivity contribution in [3.8, 4) is 0 Å². The van der Waals surface area contributed by atoms with Crippen LogP contribution in [0.15, 0.2) is 36.5 Å². The highest BCUT2D eigenvalue weighted by atomic mass is 16.7. The number of aliphatic hydroxyl groups excluding tert-OH is 4. The Morgan fingerprint density at radius 1 is 0.525 bits per heavy atom. The number of carbonyl (C=O) groups is 2. The topological polar surface area (TPSA) is 152 Å². The van der Waals surface area contributed by atoms with Crippen molar-refractivity contribution in [3.63, 3.8) is 0 Å². The van der Waals surface area contributed by atoms with E-state index in [0.717, 1.165) is 70.6 Å². The standard InChI is InChI=1S/C49H88O10/c1-3-5-7-9-11-13-15-17-19-20-21-22-24-25-27-29-31-33-35-37-44(51)56-40-42(41-57-49-48(55)47(54)46(53)43(39-50)59-49)58-45(52)38-36-34-32-30-28-26-23-18-16-14-12-10-8-6-4-2/h12,14,17-19,23,42-43,46-50,53-55H,3-11,13,15-16,20-22,24-41H2,1-2H3/b14-12-,19-17-,23-18-. The monoisotopic (exact) mass is 837 g/mol. The van der Waals surface area contributed by atoms with Crippen molar-refractivity contribution in [2.75, 3.05) is 19.8 Å². The molecule has 0 aliphatic carbocycles. The van der Waals surface area contributed by atoms with E-state index in [0.29, 0.717) is 6.42 Å². The van der Waals surface area contributed by atoms with Crippen molar-refractivity contribution in [1.29, 1.82) is 0 Å². The van der Waals surface area contributed by atoms with Crippen LogP contribution in [0.2, 0.25) is 0 Å². The zero-order valence-electron chi connectivity index (χ0n) is 37.5. The minimum atomic E-state index is -1.60. The van der Waals surface area contributed by atoms with E-state index < -0.39 is 49.4 Å². The van der Waals surface area contributed by atoms with Crippen molar-refractivity contribution >= 4 is 11.9 Å². The predicted octanol–water partition coefficient (Wildman–Crippen LogP) is 10.7. The molecule has 1 heterocycles. The Kier molecular flexibility index (Phi) is 37.3. The van der Waals surface area contributed by atoms with Gasteiger partial charge >= 0.3 is 11.9 Å². The van der Waals surface area contributed by atoms with Gasteiger partial charge in [0, 0.05) is 12.8 Å². The van der Waals surface area contributed by atoms with Crippen molar-refractivity contribution < 1.29 is 49.0 Å². The van der Waals surface area contributed by atoms with Crippen molar-refractivity contribution in [1.82, 2.24) is 0 Å². The van der Waals surface area contributed by atoms with Crippen LogP contribution in [0, 0.1) is 0 Å². The number of rotatable bonds is 40. The third-order valence-electron chi connectivity index (χ3n) is 11.0. The van der Waals surface area contributed by atoms with Gasteiger partial charge in [0.25, 0.3) is 0 Å². The summed E-state index contributed by atoms with van der Waals surface area (Å²) in [6.07, 6.45) is 38.6. The van der Waals surface area contributed by atoms with Crippen LogP contribution in [0.25, 0.3) is 0 Å². The lowest BCUT2D eigenvalue weighted by Crippen LogP contribution is -2.59. The summed E-state index contributed by atoms with van der Waals surface area (Å²) >= 11 is 0. The molecule has 0 aromatic rings. The Balaban J connectivity index is 2.29. The van der Waals surface area contributed by atoms with Gasteiger partial charge in [-0.3, -0.25) is 9.59 Å². The molecule has 1 aliphatic heterocycles. The van der Waals surface area contributed by atoms with Gasteiger partial charge in [-0.2, -0.15) is 0 Å². The lowest BCUT2D eigenvalue weighted by atomic mass is 9.99. The molecule has 6 unspecified atom stereocenters. The fraction of sp³-hybridized carbons (Fsp3) is 0.837. The molecule has 0 radical (unpaired) electrons. The summed E-state index contributed by atoms with van der Waals surface area (Å²) < 4.78 is 22.2.